The summed E-state index contributed by atoms with van der Waals surface area (Å²) in [4.78, 5) is 13.4. The Bertz CT molecular complexity index is 192. The molecule has 3 nitrogen and oxygen atoms in total. The van der Waals surface area contributed by atoms with Crippen LogP contribution < -0.4 is 5.32 Å². The van der Waals surface area contributed by atoms with Gasteiger partial charge >= 0.3 is 0 Å². The molecule has 1 amide bonds. The summed E-state index contributed by atoms with van der Waals surface area (Å²) in [6.45, 7) is 8.22. The lowest BCUT2D eigenvalue weighted by molar-refractivity contribution is -0.119. The van der Waals surface area contributed by atoms with Crippen molar-refractivity contribution in [2.45, 2.75) is 52.1 Å². The number of carbonyl (C=O) groups excluding carboxylic acids is 1. The molecule has 1 saturated heterocycles. The summed E-state index contributed by atoms with van der Waals surface area (Å²) >= 11 is 0. The fourth-order valence-corrected chi connectivity index (χ4v) is 2.05. The number of likely N-dealkylation sites (tertiary alicyclic amines) is 1. The van der Waals surface area contributed by atoms with Crippen LogP contribution in [0.4, 0.5) is 0 Å². The van der Waals surface area contributed by atoms with Crippen molar-refractivity contribution in [3.05, 3.63) is 0 Å². The van der Waals surface area contributed by atoms with Crippen LogP contribution in [0.5, 0.6) is 0 Å². The van der Waals surface area contributed by atoms with Gasteiger partial charge in [0, 0.05) is 25.6 Å². The summed E-state index contributed by atoms with van der Waals surface area (Å²) in [6.07, 6.45) is 3.62. The van der Waals surface area contributed by atoms with E-state index < -0.39 is 0 Å². The zero-order chi connectivity index (χ0) is 10.6. The minimum absolute atomic E-state index is 0.0978. The standard InChI is InChI=1S/C11H22N2O/c1-9(2)13-7-5-4-6-11(8-13)12-10(3)14/h9,11H,4-8H2,1-3H3,(H,12,14). The van der Waals surface area contributed by atoms with Crippen LogP contribution in [0.1, 0.15) is 40.0 Å². The average molecular weight is 198 g/mol. The maximum absolute atomic E-state index is 11.0. The summed E-state index contributed by atoms with van der Waals surface area (Å²) in [7, 11) is 0. The molecule has 0 aliphatic carbocycles. The fraction of sp³-hybridized carbons (Fsp3) is 0.909. The number of hydrogen-bond donors (Lipinski definition) is 1. The second kappa shape index (κ2) is 5.35. The molecule has 1 fully saturated rings. The van der Waals surface area contributed by atoms with E-state index in [1.54, 1.807) is 6.92 Å². The van der Waals surface area contributed by atoms with E-state index in [-0.39, 0.29) is 5.91 Å². The molecule has 1 unspecified atom stereocenters. The molecule has 0 aromatic heterocycles. The van der Waals surface area contributed by atoms with Crippen LogP contribution in [0.15, 0.2) is 0 Å². The highest BCUT2D eigenvalue weighted by Crippen LogP contribution is 2.12. The van der Waals surface area contributed by atoms with Gasteiger partial charge in [-0.05, 0) is 33.2 Å². The summed E-state index contributed by atoms with van der Waals surface area (Å²) < 4.78 is 0. The van der Waals surface area contributed by atoms with E-state index in [1.807, 2.05) is 0 Å². The molecule has 1 rings (SSSR count). The number of nitrogens with zero attached hydrogens (tertiary/aromatic N) is 1. The van der Waals surface area contributed by atoms with Crippen LogP contribution in [0.2, 0.25) is 0 Å². The van der Waals surface area contributed by atoms with Crippen molar-refractivity contribution in [1.82, 2.24) is 10.2 Å². The van der Waals surface area contributed by atoms with Gasteiger partial charge in [0.25, 0.3) is 0 Å². The SMILES string of the molecule is CC(=O)NC1CCCCN(C(C)C)C1. The normalized spacial score (nSPS) is 24.7. The summed E-state index contributed by atoms with van der Waals surface area (Å²) in [6, 6.07) is 0.946. The Morgan fingerprint density at radius 2 is 2.14 bits per heavy atom. The first kappa shape index (κ1) is 11.5. The molecule has 0 spiro atoms. The monoisotopic (exact) mass is 198 g/mol. The van der Waals surface area contributed by atoms with Crippen molar-refractivity contribution in [3.8, 4) is 0 Å². The van der Waals surface area contributed by atoms with Gasteiger partial charge in [0.1, 0.15) is 0 Å². The van der Waals surface area contributed by atoms with E-state index in [0.29, 0.717) is 12.1 Å². The van der Waals surface area contributed by atoms with Gasteiger partial charge in [-0.3, -0.25) is 9.69 Å². The maximum atomic E-state index is 11.0. The number of rotatable bonds is 2. The second-order valence-electron chi connectivity index (χ2n) is 4.48. The second-order valence-corrected chi connectivity index (χ2v) is 4.48. The average Bonchev–Trinajstić information content (AvgIpc) is 2.28. The third-order valence-electron chi connectivity index (χ3n) is 2.84. The summed E-state index contributed by atoms with van der Waals surface area (Å²) in [5.41, 5.74) is 0. The van der Waals surface area contributed by atoms with Crippen LogP contribution in [0.25, 0.3) is 0 Å². The molecule has 3 heteroatoms. The first-order chi connectivity index (χ1) is 6.59. The van der Waals surface area contributed by atoms with Gasteiger partial charge in [0.15, 0.2) is 0 Å². The topological polar surface area (TPSA) is 32.3 Å². The minimum Gasteiger partial charge on any atom is -0.352 e. The van der Waals surface area contributed by atoms with Crippen molar-refractivity contribution in [3.63, 3.8) is 0 Å². The highest BCUT2D eigenvalue weighted by atomic mass is 16.1. The van der Waals surface area contributed by atoms with Crippen LogP contribution in [-0.2, 0) is 4.79 Å². The van der Waals surface area contributed by atoms with E-state index >= 15 is 0 Å². The molecule has 14 heavy (non-hydrogen) atoms. The molecule has 0 aromatic rings. The molecule has 0 saturated carbocycles. The van der Waals surface area contributed by atoms with Crippen molar-refractivity contribution in [2.24, 2.45) is 0 Å². The van der Waals surface area contributed by atoms with E-state index in [4.69, 9.17) is 0 Å². The molecule has 0 radical (unpaired) electrons. The Hall–Kier alpha value is -0.570. The van der Waals surface area contributed by atoms with Crippen molar-refractivity contribution >= 4 is 5.91 Å². The van der Waals surface area contributed by atoms with Crippen molar-refractivity contribution < 1.29 is 4.79 Å². The lowest BCUT2D eigenvalue weighted by Crippen LogP contribution is -2.44. The highest BCUT2D eigenvalue weighted by Gasteiger charge is 2.19. The maximum Gasteiger partial charge on any atom is 0.217 e. The Kier molecular flexibility index (Phi) is 4.39. The van der Waals surface area contributed by atoms with Crippen molar-refractivity contribution in [2.75, 3.05) is 13.1 Å². The van der Waals surface area contributed by atoms with E-state index in [0.717, 1.165) is 13.0 Å². The molecular weight excluding hydrogens is 176 g/mol. The van der Waals surface area contributed by atoms with Crippen molar-refractivity contribution in [1.29, 1.82) is 0 Å². The first-order valence-corrected chi connectivity index (χ1v) is 5.60. The number of carbonyl (C=O) groups is 1. The summed E-state index contributed by atoms with van der Waals surface area (Å²) in [5, 5.41) is 3.03. The van der Waals surface area contributed by atoms with Gasteiger partial charge < -0.3 is 5.32 Å². The van der Waals surface area contributed by atoms with Gasteiger partial charge in [0.05, 0.1) is 0 Å². The fourth-order valence-electron chi connectivity index (χ4n) is 2.05. The smallest absolute Gasteiger partial charge is 0.217 e. The van der Waals surface area contributed by atoms with Crippen LogP contribution in [0.3, 0.4) is 0 Å². The molecule has 1 atom stereocenters. The molecule has 1 aliphatic rings. The van der Waals surface area contributed by atoms with E-state index in [9.17, 15) is 4.79 Å². The van der Waals surface area contributed by atoms with Crippen LogP contribution >= 0.6 is 0 Å². The molecule has 82 valence electrons. The molecular formula is C11H22N2O. The van der Waals surface area contributed by atoms with Gasteiger partial charge in [-0.25, -0.2) is 0 Å². The minimum atomic E-state index is 0.0978. The Morgan fingerprint density at radius 1 is 1.43 bits per heavy atom. The van der Waals surface area contributed by atoms with Gasteiger partial charge in [0.2, 0.25) is 5.91 Å². The molecule has 0 bridgehead atoms. The van der Waals surface area contributed by atoms with Crippen LogP contribution in [-0.4, -0.2) is 36.0 Å². The Morgan fingerprint density at radius 3 is 2.71 bits per heavy atom. The first-order valence-electron chi connectivity index (χ1n) is 5.60. The number of amides is 1. The Labute approximate surface area is 86.9 Å². The van der Waals surface area contributed by atoms with Gasteiger partial charge in [-0.2, -0.15) is 0 Å². The molecule has 1 aliphatic heterocycles. The zero-order valence-electron chi connectivity index (χ0n) is 9.55. The lowest BCUT2D eigenvalue weighted by atomic mass is 10.1. The zero-order valence-corrected chi connectivity index (χ0v) is 9.55. The Balaban J connectivity index is 2.46. The summed E-state index contributed by atoms with van der Waals surface area (Å²) in [5.74, 6) is 0.0978. The third kappa shape index (κ3) is 3.66. The van der Waals surface area contributed by atoms with E-state index in [1.165, 1.54) is 19.4 Å². The predicted molar refractivity (Wildman–Crippen MR) is 58.2 cm³/mol. The third-order valence-corrected chi connectivity index (χ3v) is 2.84. The van der Waals surface area contributed by atoms with Crippen LogP contribution in [0, 0.1) is 0 Å². The van der Waals surface area contributed by atoms with Gasteiger partial charge in [-0.1, -0.05) is 6.42 Å². The predicted octanol–water partition coefficient (Wildman–Crippen LogP) is 1.39. The number of nitrogens with one attached hydrogen (secondary N) is 1. The molecule has 1 heterocycles. The molecule has 0 aromatic carbocycles. The largest absolute Gasteiger partial charge is 0.352 e. The quantitative estimate of drug-likeness (QED) is 0.727. The van der Waals surface area contributed by atoms with E-state index in [2.05, 4.69) is 24.1 Å². The molecule has 1 N–H and O–H groups in total. The van der Waals surface area contributed by atoms with Gasteiger partial charge in [-0.15, -0.1) is 0 Å². The number of hydrogen-bond acceptors (Lipinski definition) is 2. The highest BCUT2D eigenvalue weighted by molar-refractivity contribution is 5.73. The lowest BCUT2D eigenvalue weighted by Gasteiger charge is -2.27.